The smallest absolute Gasteiger partial charge is 0.357 e. The number of methoxy groups -OCH3 is 1. The third kappa shape index (κ3) is 2.77. The highest BCUT2D eigenvalue weighted by Gasteiger charge is 2.21. The molecule has 7 nitrogen and oxygen atoms in total. The maximum atomic E-state index is 12.1. The van der Waals surface area contributed by atoms with Gasteiger partial charge in [0.25, 0.3) is 5.91 Å². The lowest BCUT2D eigenvalue weighted by Gasteiger charge is -2.06. The second-order valence-corrected chi connectivity index (χ2v) is 4.06. The van der Waals surface area contributed by atoms with Crippen molar-refractivity contribution in [2.45, 2.75) is 0 Å². The van der Waals surface area contributed by atoms with Gasteiger partial charge in [-0.25, -0.2) is 4.79 Å². The summed E-state index contributed by atoms with van der Waals surface area (Å²) in [6.45, 7) is 0. The van der Waals surface area contributed by atoms with Crippen molar-refractivity contribution in [2.24, 2.45) is 7.05 Å². The largest absolute Gasteiger partial charge is 0.497 e. The molecular formula is C13H13N3O4. The molecule has 0 atom stereocenters. The Bertz CT molecular complexity index is 663. The molecule has 0 unspecified atom stereocenters. The number of nitrogens with zero attached hydrogens (tertiary/aromatic N) is 2. The van der Waals surface area contributed by atoms with Crippen molar-refractivity contribution >= 4 is 17.6 Å². The van der Waals surface area contributed by atoms with E-state index in [0.717, 1.165) is 0 Å². The molecule has 1 heterocycles. The van der Waals surface area contributed by atoms with Gasteiger partial charge in [-0.2, -0.15) is 5.10 Å². The van der Waals surface area contributed by atoms with Gasteiger partial charge in [0, 0.05) is 25.0 Å². The highest BCUT2D eigenvalue weighted by Crippen LogP contribution is 2.18. The maximum Gasteiger partial charge on any atom is 0.357 e. The molecule has 7 heteroatoms. The summed E-state index contributed by atoms with van der Waals surface area (Å²) in [4.78, 5) is 23.1. The molecule has 104 valence electrons. The number of rotatable bonds is 4. The molecule has 0 spiro atoms. The lowest BCUT2D eigenvalue weighted by Crippen LogP contribution is -2.15. The quantitative estimate of drug-likeness (QED) is 0.879. The van der Waals surface area contributed by atoms with Crippen molar-refractivity contribution in [3.63, 3.8) is 0 Å². The molecule has 0 aliphatic heterocycles. The molecule has 0 saturated heterocycles. The lowest BCUT2D eigenvalue weighted by atomic mass is 10.2. The van der Waals surface area contributed by atoms with Crippen LogP contribution < -0.4 is 10.1 Å². The van der Waals surface area contributed by atoms with Gasteiger partial charge < -0.3 is 15.2 Å². The van der Waals surface area contributed by atoms with Gasteiger partial charge in [0.15, 0.2) is 5.69 Å². The van der Waals surface area contributed by atoms with Gasteiger partial charge in [0.1, 0.15) is 5.75 Å². The van der Waals surface area contributed by atoms with Gasteiger partial charge in [-0.15, -0.1) is 0 Å². The van der Waals surface area contributed by atoms with E-state index in [4.69, 9.17) is 9.84 Å². The van der Waals surface area contributed by atoms with Gasteiger partial charge in [-0.05, 0) is 12.1 Å². The molecule has 1 aromatic heterocycles. The van der Waals surface area contributed by atoms with E-state index >= 15 is 0 Å². The van der Waals surface area contributed by atoms with E-state index in [9.17, 15) is 9.59 Å². The predicted octanol–water partition coefficient (Wildman–Crippen LogP) is 1.38. The number of carboxylic acid groups (broad SMARTS) is 1. The minimum atomic E-state index is -1.25. The Balaban J connectivity index is 2.26. The van der Waals surface area contributed by atoms with Crippen molar-refractivity contribution in [1.82, 2.24) is 9.78 Å². The minimum Gasteiger partial charge on any atom is -0.497 e. The zero-order chi connectivity index (χ0) is 14.7. The average Bonchev–Trinajstić information content (AvgIpc) is 2.81. The summed E-state index contributed by atoms with van der Waals surface area (Å²) in [5.41, 5.74) is 0.227. The molecule has 0 bridgehead atoms. The van der Waals surface area contributed by atoms with E-state index in [1.165, 1.54) is 18.0 Å². The molecule has 2 N–H and O–H groups in total. The van der Waals surface area contributed by atoms with Gasteiger partial charge in [0.05, 0.1) is 12.7 Å². The first-order valence-corrected chi connectivity index (χ1v) is 5.73. The van der Waals surface area contributed by atoms with Crippen molar-refractivity contribution in [3.05, 3.63) is 41.7 Å². The number of nitrogens with one attached hydrogen (secondary N) is 1. The molecule has 0 radical (unpaired) electrons. The Morgan fingerprint density at radius 2 is 2.15 bits per heavy atom. The van der Waals surface area contributed by atoms with Crippen molar-refractivity contribution < 1.29 is 19.4 Å². The number of hydrogen-bond acceptors (Lipinski definition) is 4. The topological polar surface area (TPSA) is 93.5 Å². The SMILES string of the molecule is COc1cccc(NC(=O)c2cn(C)nc2C(=O)O)c1. The van der Waals surface area contributed by atoms with Crippen LogP contribution in [0, 0.1) is 0 Å². The number of carbonyl (C=O) groups excluding carboxylic acids is 1. The number of aryl methyl sites for hydroxylation is 1. The molecule has 0 aliphatic rings. The molecule has 1 aromatic carbocycles. The fourth-order valence-electron chi connectivity index (χ4n) is 1.71. The molecule has 20 heavy (non-hydrogen) atoms. The first-order valence-electron chi connectivity index (χ1n) is 5.73. The van der Waals surface area contributed by atoms with Crippen LogP contribution in [-0.4, -0.2) is 33.9 Å². The number of carboxylic acids is 1. The third-order valence-corrected chi connectivity index (χ3v) is 2.60. The van der Waals surface area contributed by atoms with Gasteiger partial charge >= 0.3 is 5.97 Å². The van der Waals surface area contributed by atoms with Crippen LogP contribution >= 0.6 is 0 Å². The normalized spacial score (nSPS) is 10.1. The number of anilines is 1. The number of carbonyl (C=O) groups is 2. The Labute approximate surface area is 114 Å². The summed E-state index contributed by atoms with van der Waals surface area (Å²) in [5, 5.41) is 15.3. The Hall–Kier alpha value is -2.83. The zero-order valence-electron chi connectivity index (χ0n) is 11.0. The van der Waals surface area contributed by atoms with Crippen LogP contribution in [0.25, 0.3) is 0 Å². The van der Waals surface area contributed by atoms with E-state index in [1.807, 2.05) is 0 Å². The number of amides is 1. The monoisotopic (exact) mass is 275 g/mol. The van der Waals surface area contributed by atoms with E-state index in [-0.39, 0.29) is 11.3 Å². The summed E-state index contributed by atoms with van der Waals surface area (Å²) in [6.07, 6.45) is 1.36. The standard InChI is InChI=1S/C13H13N3O4/c1-16-7-10(11(15-16)13(18)19)12(17)14-8-4-3-5-9(6-8)20-2/h3-7H,1-2H3,(H,14,17)(H,18,19). The molecule has 0 fully saturated rings. The van der Waals surface area contributed by atoms with Crippen LogP contribution in [0.5, 0.6) is 5.75 Å². The third-order valence-electron chi connectivity index (χ3n) is 2.60. The fraction of sp³-hybridized carbons (Fsp3) is 0.154. The molecule has 0 saturated carbocycles. The molecule has 2 aromatic rings. The van der Waals surface area contributed by atoms with Gasteiger partial charge in [-0.3, -0.25) is 9.48 Å². The number of aromatic nitrogens is 2. The highest BCUT2D eigenvalue weighted by molar-refractivity contribution is 6.09. The van der Waals surface area contributed by atoms with E-state index < -0.39 is 11.9 Å². The van der Waals surface area contributed by atoms with Gasteiger partial charge in [0.2, 0.25) is 0 Å². The molecule has 1 amide bonds. The van der Waals surface area contributed by atoms with Crippen molar-refractivity contribution in [3.8, 4) is 5.75 Å². The number of hydrogen-bond donors (Lipinski definition) is 2. The summed E-state index contributed by atoms with van der Waals surface area (Å²) < 4.78 is 6.33. The molecular weight excluding hydrogens is 262 g/mol. The van der Waals surface area contributed by atoms with Crippen molar-refractivity contribution in [1.29, 1.82) is 0 Å². The Morgan fingerprint density at radius 3 is 2.80 bits per heavy atom. The Kier molecular flexibility index (Phi) is 3.69. The summed E-state index contributed by atoms with van der Waals surface area (Å²) >= 11 is 0. The molecule has 2 rings (SSSR count). The van der Waals surface area contributed by atoms with Crippen LogP contribution in [0.3, 0.4) is 0 Å². The lowest BCUT2D eigenvalue weighted by molar-refractivity contribution is 0.0685. The minimum absolute atomic E-state index is 0.00261. The number of benzene rings is 1. The van der Waals surface area contributed by atoms with E-state index in [1.54, 1.807) is 31.3 Å². The second-order valence-electron chi connectivity index (χ2n) is 4.06. The summed E-state index contributed by atoms with van der Waals surface area (Å²) in [7, 11) is 3.07. The van der Waals surface area contributed by atoms with Crippen molar-refractivity contribution in [2.75, 3.05) is 12.4 Å². The second kappa shape index (κ2) is 5.43. The van der Waals surface area contributed by atoms with Crippen LogP contribution in [0.1, 0.15) is 20.8 Å². The van der Waals surface area contributed by atoms with Crippen LogP contribution in [0.15, 0.2) is 30.5 Å². The molecule has 0 aliphatic carbocycles. The van der Waals surface area contributed by atoms with E-state index in [2.05, 4.69) is 10.4 Å². The maximum absolute atomic E-state index is 12.1. The van der Waals surface area contributed by atoms with E-state index in [0.29, 0.717) is 11.4 Å². The predicted molar refractivity (Wildman–Crippen MR) is 71.1 cm³/mol. The van der Waals surface area contributed by atoms with Crippen LogP contribution in [0.2, 0.25) is 0 Å². The number of aromatic carboxylic acids is 1. The summed E-state index contributed by atoms with van der Waals surface area (Å²) in [6, 6.07) is 6.77. The first-order chi connectivity index (χ1) is 9.51. The Morgan fingerprint density at radius 1 is 1.40 bits per heavy atom. The van der Waals surface area contributed by atoms with Crippen LogP contribution in [-0.2, 0) is 7.05 Å². The average molecular weight is 275 g/mol. The number of ether oxygens (including phenoxy) is 1. The summed E-state index contributed by atoms with van der Waals surface area (Å²) in [5.74, 6) is -1.20. The van der Waals surface area contributed by atoms with Gasteiger partial charge in [-0.1, -0.05) is 6.07 Å². The highest BCUT2D eigenvalue weighted by atomic mass is 16.5. The van der Waals surface area contributed by atoms with Crippen LogP contribution in [0.4, 0.5) is 5.69 Å². The zero-order valence-corrected chi connectivity index (χ0v) is 11.0. The first kappa shape index (κ1) is 13.6. The fourth-order valence-corrected chi connectivity index (χ4v) is 1.71.